The lowest BCUT2D eigenvalue weighted by Gasteiger charge is -2.12. The highest BCUT2D eigenvalue weighted by atomic mass is 35.5. The number of alkyl halides is 1. The molecule has 1 amide bonds. The molecule has 1 unspecified atom stereocenters. The molecule has 0 bridgehead atoms. The molecular weight excluding hydrogens is 226 g/mol. The van der Waals surface area contributed by atoms with E-state index in [1.54, 1.807) is 19.1 Å². The van der Waals surface area contributed by atoms with Crippen LogP contribution >= 0.6 is 11.6 Å². The molecule has 88 valence electrons. The fourth-order valence-electron chi connectivity index (χ4n) is 1.42. The lowest BCUT2D eigenvalue weighted by Crippen LogP contribution is -2.13. The van der Waals surface area contributed by atoms with E-state index in [2.05, 4.69) is 5.32 Å². The van der Waals surface area contributed by atoms with Crippen LogP contribution in [0, 0.1) is 0 Å². The van der Waals surface area contributed by atoms with Crippen LogP contribution in [0.25, 0.3) is 0 Å². The number of halogens is 1. The van der Waals surface area contributed by atoms with Crippen LogP contribution in [0.3, 0.4) is 0 Å². The number of carbonyl (C=O) groups excluding carboxylic acids is 1. The van der Waals surface area contributed by atoms with E-state index in [-0.39, 0.29) is 5.91 Å². The molecule has 0 saturated carbocycles. The van der Waals surface area contributed by atoms with Crippen molar-refractivity contribution in [2.24, 2.45) is 0 Å². The smallest absolute Gasteiger partial charge is 0.224 e. The summed E-state index contributed by atoms with van der Waals surface area (Å²) in [4.78, 5) is 11.5. The van der Waals surface area contributed by atoms with Crippen LogP contribution < -0.4 is 5.32 Å². The predicted molar refractivity (Wildman–Crippen MR) is 65.7 cm³/mol. The van der Waals surface area contributed by atoms with Crippen molar-refractivity contribution in [3.63, 3.8) is 0 Å². The van der Waals surface area contributed by atoms with Gasteiger partial charge in [-0.25, -0.2) is 0 Å². The Hall–Kier alpha value is -1.06. The zero-order valence-corrected chi connectivity index (χ0v) is 10.00. The SMILES string of the molecule is CC(O)c1ccccc1NC(=O)CCCCl. The van der Waals surface area contributed by atoms with Crippen molar-refractivity contribution in [3.05, 3.63) is 29.8 Å². The molecule has 3 nitrogen and oxygen atoms in total. The highest BCUT2D eigenvalue weighted by Crippen LogP contribution is 2.22. The number of anilines is 1. The third kappa shape index (κ3) is 3.83. The molecule has 0 aliphatic heterocycles. The number of benzene rings is 1. The summed E-state index contributed by atoms with van der Waals surface area (Å²) in [6.45, 7) is 1.67. The third-order valence-electron chi connectivity index (χ3n) is 2.22. The molecule has 2 N–H and O–H groups in total. The van der Waals surface area contributed by atoms with E-state index < -0.39 is 6.10 Å². The van der Waals surface area contributed by atoms with Gasteiger partial charge in [-0.15, -0.1) is 11.6 Å². The normalized spacial score (nSPS) is 12.2. The molecule has 1 rings (SSSR count). The molecule has 1 aromatic carbocycles. The topological polar surface area (TPSA) is 49.3 Å². The van der Waals surface area contributed by atoms with Crippen LogP contribution in [0.15, 0.2) is 24.3 Å². The lowest BCUT2D eigenvalue weighted by atomic mass is 10.1. The lowest BCUT2D eigenvalue weighted by molar-refractivity contribution is -0.116. The van der Waals surface area contributed by atoms with E-state index in [1.807, 2.05) is 12.1 Å². The molecule has 0 heterocycles. The quantitative estimate of drug-likeness (QED) is 0.779. The molecule has 4 heteroatoms. The van der Waals surface area contributed by atoms with Gasteiger partial charge in [-0.2, -0.15) is 0 Å². The zero-order valence-electron chi connectivity index (χ0n) is 9.24. The number of amides is 1. The molecule has 0 aliphatic rings. The third-order valence-corrected chi connectivity index (χ3v) is 2.49. The monoisotopic (exact) mass is 241 g/mol. The second-order valence-corrected chi connectivity index (χ2v) is 3.98. The van der Waals surface area contributed by atoms with Crippen LogP contribution in [0.5, 0.6) is 0 Å². The maximum absolute atomic E-state index is 11.5. The van der Waals surface area contributed by atoms with Gasteiger partial charge in [0.2, 0.25) is 5.91 Å². The Morgan fingerprint density at radius 3 is 2.81 bits per heavy atom. The van der Waals surface area contributed by atoms with Gasteiger partial charge < -0.3 is 10.4 Å². The van der Waals surface area contributed by atoms with Gasteiger partial charge in [0.15, 0.2) is 0 Å². The number of rotatable bonds is 5. The van der Waals surface area contributed by atoms with Crippen molar-refractivity contribution in [3.8, 4) is 0 Å². The molecule has 0 radical (unpaired) electrons. The van der Waals surface area contributed by atoms with Crippen LogP contribution in [0.2, 0.25) is 0 Å². The summed E-state index contributed by atoms with van der Waals surface area (Å²) in [5.74, 6) is 0.402. The molecule has 0 aromatic heterocycles. The second-order valence-electron chi connectivity index (χ2n) is 3.60. The van der Waals surface area contributed by atoms with E-state index in [0.29, 0.717) is 24.4 Å². The van der Waals surface area contributed by atoms with Crippen molar-refractivity contribution in [1.29, 1.82) is 0 Å². The van der Waals surface area contributed by atoms with Crippen molar-refractivity contribution < 1.29 is 9.90 Å². The Balaban J connectivity index is 2.69. The summed E-state index contributed by atoms with van der Waals surface area (Å²) in [6.07, 6.45) is 0.464. The first-order chi connectivity index (χ1) is 7.65. The van der Waals surface area contributed by atoms with Gasteiger partial charge in [-0.05, 0) is 19.4 Å². The number of nitrogens with one attached hydrogen (secondary N) is 1. The summed E-state index contributed by atoms with van der Waals surface area (Å²) < 4.78 is 0. The first kappa shape index (κ1) is 13.0. The highest BCUT2D eigenvalue weighted by molar-refractivity contribution is 6.18. The molecule has 0 aliphatic carbocycles. The van der Waals surface area contributed by atoms with E-state index in [1.165, 1.54) is 0 Å². The highest BCUT2D eigenvalue weighted by Gasteiger charge is 2.09. The van der Waals surface area contributed by atoms with Gasteiger partial charge in [-0.1, -0.05) is 18.2 Å². The molecule has 0 fully saturated rings. The van der Waals surface area contributed by atoms with E-state index in [9.17, 15) is 9.90 Å². The molecule has 1 atom stereocenters. The Bertz CT molecular complexity index is 353. The minimum absolute atomic E-state index is 0.0752. The van der Waals surface area contributed by atoms with Gasteiger partial charge in [0.05, 0.1) is 6.10 Å². The largest absolute Gasteiger partial charge is 0.389 e. The Morgan fingerprint density at radius 2 is 2.19 bits per heavy atom. The second kappa shape index (κ2) is 6.51. The number of hydrogen-bond donors (Lipinski definition) is 2. The van der Waals surface area contributed by atoms with Gasteiger partial charge in [0, 0.05) is 23.6 Å². The average molecular weight is 242 g/mol. The van der Waals surface area contributed by atoms with Crippen molar-refractivity contribution in [1.82, 2.24) is 0 Å². The summed E-state index contributed by atoms with van der Waals surface area (Å²) in [5, 5.41) is 12.3. The molecular formula is C12H16ClNO2. The van der Waals surface area contributed by atoms with E-state index >= 15 is 0 Å². The molecule has 0 saturated heterocycles. The van der Waals surface area contributed by atoms with Crippen LogP contribution in [-0.2, 0) is 4.79 Å². The van der Waals surface area contributed by atoms with Gasteiger partial charge in [0.25, 0.3) is 0 Å². The number of carbonyl (C=O) groups is 1. The Morgan fingerprint density at radius 1 is 1.50 bits per heavy atom. The zero-order chi connectivity index (χ0) is 12.0. The maximum Gasteiger partial charge on any atom is 0.224 e. The Kier molecular flexibility index (Phi) is 5.29. The summed E-state index contributed by atoms with van der Waals surface area (Å²) in [5.41, 5.74) is 1.39. The fraction of sp³-hybridized carbons (Fsp3) is 0.417. The number of aliphatic hydroxyl groups excluding tert-OH is 1. The predicted octanol–water partition coefficient (Wildman–Crippen LogP) is 2.70. The fourth-order valence-corrected chi connectivity index (χ4v) is 1.55. The van der Waals surface area contributed by atoms with E-state index in [4.69, 9.17) is 11.6 Å². The number of aliphatic hydroxyl groups is 1. The van der Waals surface area contributed by atoms with Crippen molar-refractivity contribution in [2.45, 2.75) is 25.9 Å². The summed E-state index contributed by atoms with van der Waals surface area (Å²) in [6, 6.07) is 7.22. The first-order valence-corrected chi connectivity index (χ1v) is 5.81. The van der Waals surface area contributed by atoms with Crippen molar-refractivity contribution in [2.75, 3.05) is 11.2 Å². The van der Waals surface area contributed by atoms with Gasteiger partial charge >= 0.3 is 0 Å². The van der Waals surface area contributed by atoms with Gasteiger partial charge in [0.1, 0.15) is 0 Å². The molecule has 1 aromatic rings. The Labute approximate surface area is 100 Å². The molecule has 16 heavy (non-hydrogen) atoms. The number of para-hydroxylation sites is 1. The average Bonchev–Trinajstić information content (AvgIpc) is 2.27. The molecule has 0 spiro atoms. The minimum atomic E-state index is -0.593. The standard InChI is InChI=1S/C12H16ClNO2/c1-9(15)10-5-2-3-6-11(10)14-12(16)7-4-8-13/h2-3,5-6,9,15H,4,7-8H2,1H3,(H,14,16). The van der Waals surface area contributed by atoms with E-state index in [0.717, 1.165) is 5.56 Å². The first-order valence-electron chi connectivity index (χ1n) is 5.28. The number of hydrogen-bond acceptors (Lipinski definition) is 2. The minimum Gasteiger partial charge on any atom is -0.389 e. The maximum atomic E-state index is 11.5. The van der Waals surface area contributed by atoms with Crippen LogP contribution in [0.4, 0.5) is 5.69 Å². The van der Waals surface area contributed by atoms with Gasteiger partial charge in [-0.3, -0.25) is 4.79 Å². The summed E-state index contributed by atoms with van der Waals surface area (Å²) in [7, 11) is 0. The summed E-state index contributed by atoms with van der Waals surface area (Å²) >= 11 is 5.51. The van der Waals surface area contributed by atoms with Crippen molar-refractivity contribution >= 4 is 23.2 Å². The van der Waals surface area contributed by atoms with Crippen LogP contribution in [-0.4, -0.2) is 16.9 Å². The van der Waals surface area contributed by atoms with Crippen LogP contribution in [0.1, 0.15) is 31.4 Å².